The highest BCUT2D eigenvalue weighted by Gasteiger charge is 2.17. The minimum atomic E-state index is -1.86. The van der Waals surface area contributed by atoms with Crippen LogP contribution in [0.15, 0.2) is 35.1 Å². The molecule has 0 bridgehead atoms. The second-order valence-electron chi connectivity index (χ2n) is 2.97. The summed E-state index contributed by atoms with van der Waals surface area (Å²) in [5.74, 6) is -5.30. The average molecular weight is 226 g/mol. The van der Waals surface area contributed by atoms with Crippen molar-refractivity contribution in [1.29, 1.82) is 0 Å². The fraction of sp³-hybridized carbons (Fsp3) is 0. The summed E-state index contributed by atoms with van der Waals surface area (Å²) in [5, 5.41) is 3.03. The van der Waals surface area contributed by atoms with Crippen LogP contribution in [0.2, 0.25) is 0 Å². The van der Waals surface area contributed by atoms with E-state index in [2.05, 4.69) is 5.10 Å². The number of halogens is 3. The molecule has 2 aromatic rings. The second kappa shape index (κ2) is 3.80. The van der Waals surface area contributed by atoms with Crippen molar-refractivity contribution in [3.8, 4) is 5.69 Å². The lowest BCUT2D eigenvalue weighted by molar-refractivity contribution is 0.394. The topological polar surface area (TPSA) is 34.9 Å². The summed E-state index contributed by atoms with van der Waals surface area (Å²) in [7, 11) is 0. The highest BCUT2D eigenvalue weighted by atomic mass is 19.2. The minimum absolute atomic E-state index is 0.158. The zero-order valence-electron chi connectivity index (χ0n) is 7.82. The van der Waals surface area contributed by atoms with Crippen LogP contribution in [-0.4, -0.2) is 9.78 Å². The van der Waals surface area contributed by atoms with E-state index in [4.69, 9.17) is 0 Å². The molecule has 0 saturated carbocycles. The van der Waals surface area contributed by atoms with Crippen molar-refractivity contribution in [3.05, 3.63) is 58.3 Å². The molecule has 1 heterocycles. The van der Waals surface area contributed by atoms with Crippen LogP contribution in [0.4, 0.5) is 13.2 Å². The average Bonchev–Trinajstić information content (AvgIpc) is 2.32. The first-order valence-electron chi connectivity index (χ1n) is 4.30. The van der Waals surface area contributed by atoms with Crippen LogP contribution in [0.5, 0.6) is 0 Å². The summed E-state index contributed by atoms with van der Waals surface area (Å²) in [5.41, 5.74) is -1.17. The van der Waals surface area contributed by atoms with Crippen molar-refractivity contribution >= 4 is 0 Å². The number of rotatable bonds is 1. The second-order valence-corrected chi connectivity index (χ2v) is 2.97. The summed E-state index contributed by atoms with van der Waals surface area (Å²) in [6.07, 6.45) is 0. The van der Waals surface area contributed by atoms with E-state index in [1.165, 1.54) is 12.1 Å². The van der Waals surface area contributed by atoms with E-state index in [1.807, 2.05) is 0 Å². The molecular weight excluding hydrogens is 221 g/mol. The number of aromatic nitrogens is 2. The van der Waals surface area contributed by atoms with E-state index in [0.717, 1.165) is 0 Å². The van der Waals surface area contributed by atoms with E-state index in [0.29, 0.717) is 4.68 Å². The summed E-state index contributed by atoms with van der Waals surface area (Å²) in [6, 6.07) is 7.62. The molecule has 0 spiro atoms. The van der Waals surface area contributed by atoms with Gasteiger partial charge in [-0.2, -0.15) is 17.9 Å². The van der Waals surface area contributed by atoms with Gasteiger partial charge in [-0.3, -0.25) is 4.79 Å². The van der Waals surface area contributed by atoms with Crippen molar-refractivity contribution in [2.45, 2.75) is 0 Å². The van der Waals surface area contributed by atoms with Crippen LogP contribution in [0.1, 0.15) is 0 Å². The molecule has 16 heavy (non-hydrogen) atoms. The molecule has 1 aromatic carbocycles. The lowest BCUT2D eigenvalue weighted by Gasteiger charge is -2.04. The standard InChI is InChI=1S/C10H5F3N2O/c11-7-8(12)10(16)15(14-9(7)13)6-4-2-1-3-5-6/h1-5H. The van der Waals surface area contributed by atoms with Crippen molar-refractivity contribution in [2.75, 3.05) is 0 Å². The maximum Gasteiger partial charge on any atom is 0.310 e. The first-order valence-corrected chi connectivity index (χ1v) is 4.30. The third kappa shape index (κ3) is 1.58. The smallest absolute Gasteiger partial charge is 0.264 e. The van der Waals surface area contributed by atoms with Gasteiger partial charge in [0.15, 0.2) is 0 Å². The Labute approximate surface area is 87.8 Å². The number of hydrogen-bond donors (Lipinski definition) is 0. The Morgan fingerprint density at radius 1 is 1.00 bits per heavy atom. The van der Waals surface area contributed by atoms with E-state index >= 15 is 0 Å². The highest BCUT2D eigenvalue weighted by Crippen LogP contribution is 2.07. The Morgan fingerprint density at radius 3 is 2.25 bits per heavy atom. The number of hydrogen-bond acceptors (Lipinski definition) is 2. The van der Waals surface area contributed by atoms with Gasteiger partial charge in [-0.1, -0.05) is 18.2 Å². The lowest BCUT2D eigenvalue weighted by atomic mass is 10.3. The summed E-state index contributed by atoms with van der Waals surface area (Å²) < 4.78 is 38.9. The predicted octanol–water partition coefficient (Wildman–Crippen LogP) is 1.65. The number of benzene rings is 1. The van der Waals surface area contributed by atoms with Crippen molar-refractivity contribution in [1.82, 2.24) is 9.78 Å². The third-order valence-corrected chi connectivity index (χ3v) is 1.94. The molecule has 0 radical (unpaired) electrons. The summed E-state index contributed by atoms with van der Waals surface area (Å²) in [6.45, 7) is 0. The monoisotopic (exact) mass is 226 g/mol. The molecule has 2 rings (SSSR count). The van der Waals surface area contributed by atoms with E-state index in [1.54, 1.807) is 18.2 Å². The van der Waals surface area contributed by atoms with Gasteiger partial charge in [0.1, 0.15) is 0 Å². The van der Waals surface area contributed by atoms with Gasteiger partial charge >= 0.3 is 5.56 Å². The fourth-order valence-electron chi connectivity index (χ4n) is 1.20. The molecule has 1 aromatic heterocycles. The van der Waals surface area contributed by atoms with Gasteiger partial charge in [0.2, 0.25) is 11.6 Å². The maximum atomic E-state index is 12.9. The number of para-hydroxylation sites is 1. The highest BCUT2D eigenvalue weighted by molar-refractivity contribution is 5.29. The van der Waals surface area contributed by atoms with E-state index < -0.39 is 23.1 Å². The minimum Gasteiger partial charge on any atom is -0.264 e. The van der Waals surface area contributed by atoms with Gasteiger partial charge in [-0.15, -0.1) is 5.10 Å². The molecule has 82 valence electrons. The zero-order chi connectivity index (χ0) is 11.7. The third-order valence-electron chi connectivity index (χ3n) is 1.94. The van der Waals surface area contributed by atoms with Crippen molar-refractivity contribution in [3.63, 3.8) is 0 Å². The Morgan fingerprint density at radius 2 is 1.62 bits per heavy atom. The maximum absolute atomic E-state index is 12.9. The summed E-state index contributed by atoms with van der Waals surface area (Å²) >= 11 is 0. The first-order chi connectivity index (χ1) is 7.61. The van der Waals surface area contributed by atoms with Crippen LogP contribution in [0, 0.1) is 17.6 Å². The molecule has 6 heteroatoms. The largest absolute Gasteiger partial charge is 0.310 e. The van der Waals surface area contributed by atoms with Crippen LogP contribution in [0.25, 0.3) is 5.69 Å². The molecule has 0 unspecified atom stereocenters. The fourth-order valence-corrected chi connectivity index (χ4v) is 1.20. The van der Waals surface area contributed by atoms with Gasteiger partial charge in [-0.05, 0) is 12.1 Å². The molecule has 0 aliphatic heterocycles. The lowest BCUT2D eigenvalue weighted by Crippen LogP contribution is -2.27. The normalized spacial score (nSPS) is 10.4. The van der Waals surface area contributed by atoms with Crippen LogP contribution in [0.3, 0.4) is 0 Å². The van der Waals surface area contributed by atoms with Crippen LogP contribution < -0.4 is 5.56 Å². The molecular formula is C10H5F3N2O. The molecule has 0 fully saturated rings. The quantitative estimate of drug-likeness (QED) is 0.741. The van der Waals surface area contributed by atoms with Gasteiger partial charge in [-0.25, -0.2) is 0 Å². The zero-order valence-corrected chi connectivity index (χ0v) is 7.82. The van der Waals surface area contributed by atoms with Crippen molar-refractivity contribution in [2.24, 2.45) is 0 Å². The molecule has 3 nitrogen and oxygen atoms in total. The van der Waals surface area contributed by atoms with E-state index in [-0.39, 0.29) is 5.69 Å². The van der Waals surface area contributed by atoms with Gasteiger partial charge < -0.3 is 0 Å². The Balaban J connectivity index is 2.73. The Bertz CT molecular complexity index is 581. The summed E-state index contributed by atoms with van der Waals surface area (Å²) in [4.78, 5) is 11.3. The predicted molar refractivity (Wildman–Crippen MR) is 49.7 cm³/mol. The molecule has 0 N–H and O–H groups in total. The SMILES string of the molecule is O=c1c(F)c(F)c(F)nn1-c1ccccc1. The molecule has 0 atom stereocenters. The van der Waals surface area contributed by atoms with Crippen molar-refractivity contribution < 1.29 is 13.2 Å². The Kier molecular flexibility index (Phi) is 2.47. The molecule has 0 saturated heterocycles. The Hall–Kier alpha value is -2.11. The molecule has 0 aliphatic rings. The van der Waals surface area contributed by atoms with Gasteiger partial charge in [0.05, 0.1) is 5.69 Å². The van der Waals surface area contributed by atoms with Crippen LogP contribution >= 0.6 is 0 Å². The molecule has 0 aliphatic carbocycles. The number of nitrogens with zero attached hydrogens (tertiary/aromatic N) is 2. The van der Waals surface area contributed by atoms with Gasteiger partial charge in [0, 0.05) is 0 Å². The van der Waals surface area contributed by atoms with E-state index in [9.17, 15) is 18.0 Å². The van der Waals surface area contributed by atoms with Crippen LogP contribution in [-0.2, 0) is 0 Å². The van der Waals surface area contributed by atoms with Gasteiger partial charge in [0.25, 0.3) is 5.95 Å². The molecule has 0 amide bonds. The first kappa shape index (κ1) is 10.4.